The van der Waals surface area contributed by atoms with Crippen molar-refractivity contribution in [3.8, 4) is 5.88 Å². The van der Waals surface area contributed by atoms with E-state index in [0.29, 0.717) is 28.0 Å². The molecule has 0 aliphatic rings. The third kappa shape index (κ3) is 4.64. The summed E-state index contributed by atoms with van der Waals surface area (Å²) < 4.78 is 4.97. The summed E-state index contributed by atoms with van der Waals surface area (Å²) in [6, 6.07) is 12.2. The molecule has 26 heavy (non-hydrogen) atoms. The summed E-state index contributed by atoms with van der Waals surface area (Å²) in [5, 5.41) is 7.66. The van der Waals surface area contributed by atoms with Crippen LogP contribution in [0.4, 0.5) is 10.8 Å². The molecular weight excluding hydrogens is 352 g/mol. The standard InChI is InChI=1S/C18H16N4O3S/c1-25-16-8-7-13(10-19-16)20-15(23)9-14-11-26-18(21-14)22-17(24)12-5-3-2-4-6-12/h2-8,10-11H,9H2,1H3,(H,20,23)(H,21,22,24). The molecule has 7 nitrogen and oxygen atoms in total. The normalized spacial score (nSPS) is 10.2. The van der Waals surface area contributed by atoms with Crippen LogP contribution in [0.15, 0.2) is 54.0 Å². The SMILES string of the molecule is COc1ccc(NC(=O)Cc2csc(NC(=O)c3ccccc3)n2)cn1. The lowest BCUT2D eigenvalue weighted by Crippen LogP contribution is -2.15. The molecule has 3 aromatic rings. The van der Waals surface area contributed by atoms with Gasteiger partial charge in [-0.2, -0.15) is 0 Å². The quantitative estimate of drug-likeness (QED) is 0.698. The monoisotopic (exact) mass is 368 g/mol. The number of benzene rings is 1. The van der Waals surface area contributed by atoms with Crippen LogP contribution in [0.3, 0.4) is 0 Å². The number of rotatable bonds is 6. The first-order chi connectivity index (χ1) is 12.6. The maximum atomic E-state index is 12.1. The van der Waals surface area contributed by atoms with E-state index in [-0.39, 0.29) is 18.2 Å². The Morgan fingerprint density at radius 1 is 1.12 bits per heavy atom. The van der Waals surface area contributed by atoms with Crippen molar-refractivity contribution in [1.82, 2.24) is 9.97 Å². The zero-order valence-corrected chi connectivity index (χ0v) is 14.7. The Bertz CT molecular complexity index is 894. The number of pyridine rings is 1. The molecule has 3 rings (SSSR count). The fourth-order valence-electron chi connectivity index (χ4n) is 2.15. The van der Waals surface area contributed by atoms with E-state index in [1.54, 1.807) is 41.8 Å². The molecule has 2 amide bonds. The molecule has 0 saturated carbocycles. The number of ether oxygens (including phenoxy) is 1. The Morgan fingerprint density at radius 2 is 1.92 bits per heavy atom. The van der Waals surface area contributed by atoms with Gasteiger partial charge in [0.05, 0.1) is 31.1 Å². The summed E-state index contributed by atoms with van der Waals surface area (Å²) >= 11 is 1.27. The number of carbonyl (C=O) groups excluding carboxylic acids is 2. The Hall–Kier alpha value is -3.26. The molecule has 0 atom stereocenters. The molecule has 2 heterocycles. The Morgan fingerprint density at radius 3 is 2.62 bits per heavy atom. The van der Waals surface area contributed by atoms with Crippen LogP contribution in [-0.2, 0) is 11.2 Å². The van der Waals surface area contributed by atoms with E-state index >= 15 is 0 Å². The van der Waals surface area contributed by atoms with E-state index in [1.165, 1.54) is 24.6 Å². The Labute approximate surface area is 154 Å². The second kappa shape index (κ2) is 8.21. The third-order valence-electron chi connectivity index (χ3n) is 3.38. The minimum absolute atomic E-state index is 0.101. The van der Waals surface area contributed by atoms with Crippen molar-refractivity contribution in [2.45, 2.75) is 6.42 Å². The fourth-order valence-corrected chi connectivity index (χ4v) is 2.85. The number of amides is 2. The van der Waals surface area contributed by atoms with Crippen LogP contribution in [0.1, 0.15) is 16.1 Å². The lowest BCUT2D eigenvalue weighted by atomic mass is 10.2. The zero-order chi connectivity index (χ0) is 18.4. The molecule has 0 bridgehead atoms. The molecule has 0 unspecified atom stereocenters. The highest BCUT2D eigenvalue weighted by Crippen LogP contribution is 2.18. The van der Waals surface area contributed by atoms with E-state index in [2.05, 4.69) is 20.6 Å². The van der Waals surface area contributed by atoms with E-state index in [0.717, 1.165) is 0 Å². The molecule has 132 valence electrons. The average Bonchev–Trinajstić information content (AvgIpc) is 3.09. The van der Waals surface area contributed by atoms with Gasteiger partial charge in [0.1, 0.15) is 0 Å². The summed E-state index contributed by atoms with van der Waals surface area (Å²) in [6.07, 6.45) is 1.62. The van der Waals surface area contributed by atoms with Gasteiger partial charge >= 0.3 is 0 Å². The minimum atomic E-state index is -0.236. The number of anilines is 2. The molecule has 0 spiro atoms. The predicted octanol–water partition coefficient (Wildman–Crippen LogP) is 2.98. The molecule has 8 heteroatoms. The van der Waals surface area contributed by atoms with Gasteiger partial charge in [-0.3, -0.25) is 14.9 Å². The molecule has 2 aromatic heterocycles. The first-order valence-electron chi connectivity index (χ1n) is 7.75. The average molecular weight is 368 g/mol. The maximum absolute atomic E-state index is 12.1. The third-order valence-corrected chi connectivity index (χ3v) is 4.19. The molecule has 0 radical (unpaired) electrons. The van der Waals surface area contributed by atoms with Crippen LogP contribution in [0.2, 0.25) is 0 Å². The van der Waals surface area contributed by atoms with Crippen LogP contribution in [0.25, 0.3) is 0 Å². The van der Waals surface area contributed by atoms with Crippen LogP contribution in [0, 0.1) is 0 Å². The largest absolute Gasteiger partial charge is 0.481 e. The molecule has 0 aliphatic heterocycles. The van der Waals surface area contributed by atoms with Crippen molar-refractivity contribution < 1.29 is 14.3 Å². The van der Waals surface area contributed by atoms with E-state index in [1.807, 2.05) is 6.07 Å². The van der Waals surface area contributed by atoms with Crippen LogP contribution >= 0.6 is 11.3 Å². The Balaban J connectivity index is 1.55. The number of hydrogen-bond acceptors (Lipinski definition) is 6. The van der Waals surface area contributed by atoms with Crippen molar-refractivity contribution in [3.63, 3.8) is 0 Å². The summed E-state index contributed by atoms with van der Waals surface area (Å²) in [6.45, 7) is 0. The molecular formula is C18H16N4O3S. The lowest BCUT2D eigenvalue weighted by molar-refractivity contribution is -0.115. The molecule has 0 saturated heterocycles. The number of nitrogens with one attached hydrogen (secondary N) is 2. The molecule has 0 aliphatic carbocycles. The Kier molecular flexibility index (Phi) is 5.55. The van der Waals surface area contributed by atoms with Crippen molar-refractivity contribution in [2.24, 2.45) is 0 Å². The van der Waals surface area contributed by atoms with Gasteiger partial charge in [0.25, 0.3) is 5.91 Å². The molecule has 0 fully saturated rings. The van der Waals surface area contributed by atoms with Gasteiger partial charge in [-0.15, -0.1) is 11.3 Å². The van der Waals surface area contributed by atoms with Gasteiger partial charge in [-0.05, 0) is 18.2 Å². The highest BCUT2D eigenvalue weighted by molar-refractivity contribution is 7.14. The van der Waals surface area contributed by atoms with Crippen molar-refractivity contribution in [3.05, 3.63) is 65.3 Å². The van der Waals surface area contributed by atoms with Gasteiger partial charge in [-0.25, -0.2) is 9.97 Å². The van der Waals surface area contributed by atoms with Crippen LogP contribution < -0.4 is 15.4 Å². The zero-order valence-electron chi connectivity index (χ0n) is 13.9. The topological polar surface area (TPSA) is 93.2 Å². The van der Waals surface area contributed by atoms with Gasteiger partial charge in [0.15, 0.2) is 5.13 Å². The van der Waals surface area contributed by atoms with Gasteiger partial charge in [-0.1, -0.05) is 18.2 Å². The number of methoxy groups -OCH3 is 1. The van der Waals surface area contributed by atoms with Gasteiger partial charge in [0.2, 0.25) is 11.8 Å². The van der Waals surface area contributed by atoms with E-state index < -0.39 is 0 Å². The number of hydrogen-bond donors (Lipinski definition) is 2. The first kappa shape index (κ1) is 17.6. The van der Waals surface area contributed by atoms with Crippen molar-refractivity contribution >= 4 is 34.0 Å². The number of thiazole rings is 1. The van der Waals surface area contributed by atoms with E-state index in [4.69, 9.17) is 4.74 Å². The van der Waals surface area contributed by atoms with Crippen LogP contribution in [0.5, 0.6) is 5.88 Å². The molecule has 1 aromatic carbocycles. The van der Waals surface area contributed by atoms with Gasteiger partial charge in [0, 0.05) is 17.0 Å². The summed E-state index contributed by atoms with van der Waals surface area (Å²) in [7, 11) is 1.52. The minimum Gasteiger partial charge on any atom is -0.481 e. The summed E-state index contributed by atoms with van der Waals surface area (Å²) in [5.41, 5.74) is 1.70. The summed E-state index contributed by atoms with van der Waals surface area (Å²) in [5.74, 6) is 0.0183. The fraction of sp³-hybridized carbons (Fsp3) is 0.111. The smallest absolute Gasteiger partial charge is 0.257 e. The number of aromatic nitrogens is 2. The van der Waals surface area contributed by atoms with E-state index in [9.17, 15) is 9.59 Å². The first-order valence-corrected chi connectivity index (χ1v) is 8.62. The second-order valence-corrected chi connectivity index (χ2v) is 6.14. The predicted molar refractivity (Wildman–Crippen MR) is 99.6 cm³/mol. The van der Waals surface area contributed by atoms with Gasteiger partial charge < -0.3 is 10.1 Å². The second-order valence-electron chi connectivity index (χ2n) is 5.28. The number of nitrogens with zero attached hydrogens (tertiary/aromatic N) is 2. The summed E-state index contributed by atoms with van der Waals surface area (Å²) in [4.78, 5) is 32.5. The highest BCUT2D eigenvalue weighted by Gasteiger charge is 2.11. The van der Waals surface area contributed by atoms with Crippen molar-refractivity contribution in [1.29, 1.82) is 0 Å². The highest BCUT2D eigenvalue weighted by atomic mass is 32.1. The lowest BCUT2D eigenvalue weighted by Gasteiger charge is -2.04. The van der Waals surface area contributed by atoms with Crippen LogP contribution in [-0.4, -0.2) is 28.9 Å². The maximum Gasteiger partial charge on any atom is 0.257 e. The van der Waals surface area contributed by atoms with Crippen molar-refractivity contribution in [2.75, 3.05) is 17.7 Å². The number of carbonyl (C=O) groups is 2. The molecule has 2 N–H and O–H groups in total.